The zero-order valence-corrected chi connectivity index (χ0v) is 11.1. The number of primary amides is 1. The average molecular weight is 271 g/mol. The summed E-state index contributed by atoms with van der Waals surface area (Å²) in [5.41, 5.74) is 6.36. The number of hydrogen-bond acceptors (Lipinski definition) is 3. The first-order chi connectivity index (χ1) is 8.34. The minimum absolute atomic E-state index is 0.0403. The number of nitrogens with one attached hydrogen (secondary N) is 2. The number of sulfonamides is 1. The molecule has 0 bridgehead atoms. The molecule has 7 heteroatoms. The molecule has 0 spiro atoms. The number of carbonyl (C=O) groups excluding carboxylic acids is 1. The van der Waals surface area contributed by atoms with Gasteiger partial charge in [-0.1, -0.05) is 12.1 Å². The lowest BCUT2D eigenvalue weighted by molar-refractivity contribution is 0.259. The molecule has 4 N–H and O–H groups in total. The highest BCUT2D eigenvalue weighted by Crippen LogP contribution is 2.16. The molecule has 2 amide bonds. The third kappa shape index (κ3) is 4.34. The van der Waals surface area contributed by atoms with Crippen molar-refractivity contribution in [3.8, 4) is 0 Å². The van der Waals surface area contributed by atoms with Crippen molar-refractivity contribution in [1.29, 1.82) is 0 Å². The maximum Gasteiger partial charge on any atom is 0.316 e. The second-order valence-corrected chi connectivity index (χ2v) is 5.90. The van der Waals surface area contributed by atoms with Gasteiger partial charge < -0.3 is 11.1 Å². The zero-order valence-electron chi connectivity index (χ0n) is 10.3. The molecule has 0 aromatic heterocycles. The van der Waals surface area contributed by atoms with E-state index in [1.165, 1.54) is 0 Å². The molecule has 1 rings (SSSR count). The first-order valence-electron chi connectivity index (χ1n) is 5.50. The van der Waals surface area contributed by atoms with Crippen molar-refractivity contribution in [3.05, 3.63) is 29.8 Å². The van der Waals surface area contributed by atoms with Crippen molar-refractivity contribution in [2.45, 2.75) is 19.9 Å². The Bertz CT molecular complexity index is 511. The van der Waals surface area contributed by atoms with Gasteiger partial charge in [0.15, 0.2) is 0 Å². The summed E-state index contributed by atoms with van der Waals surface area (Å²) >= 11 is 0. The highest BCUT2D eigenvalue weighted by atomic mass is 32.2. The first-order valence-corrected chi connectivity index (χ1v) is 7.15. The summed E-state index contributed by atoms with van der Waals surface area (Å²) in [6.45, 7) is 3.33. The summed E-state index contributed by atoms with van der Waals surface area (Å²) < 4.78 is 25.4. The Balaban J connectivity index is 2.76. The number of urea groups is 1. The summed E-state index contributed by atoms with van der Waals surface area (Å²) in [4.78, 5) is 10.6. The molecule has 0 saturated heterocycles. The molecular weight excluding hydrogens is 254 g/mol. The fourth-order valence-electron chi connectivity index (χ4n) is 1.42. The van der Waals surface area contributed by atoms with Crippen molar-refractivity contribution in [1.82, 2.24) is 4.72 Å². The Morgan fingerprint density at radius 2 is 1.89 bits per heavy atom. The Hall–Kier alpha value is -1.60. The molecule has 0 aliphatic carbocycles. The van der Waals surface area contributed by atoms with E-state index in [0.717, 1.165) is 5.56 Å². The van der Waals surface area contributed by atoms with Gasteiger partial charge in [0, 0.05) is 11.7 Å². The Morgan fingerprint density at radius 1 is 1.33 bits per heavy atom. The van der Waals surface area contributed by atoms with Crippen LogP contribution < -0.4 is 15.8 Å². The molecule has 18 heavy (non-hydrogen) atoms. The fraction of sp³-hybridized carbons (Fsp3) is 0.364. The van der Waals surface area contributed by atoms with Crippen LogP contribution in [-0.2, 0) is 10.0 Å². The van der Waals surface area contributed by atoms with Crippen LogP contribution in [0.1, 0.15) is 25.5 Å². The molecule has 6 nitrogen and oxygen atoms in total. The van der Waals surface area contributed by atoms with E-state index in [2.05, 4.69) is 10.0 Å². The summed E-state index contributed by atoms with van der Waals surface area (Å²) in [5.74, 6) is 0.0403. The van der Waals surface area contributed by atoms with Crippen LogP contribution in [-0.4, -0.2) is 20.2 Å². The van der Waals surface area contributed by atoms with Crippen LogP contribution >= 0.6 is 0 Å². The van der Waals surface area contributed by atoms with Crippen molar-refractivity contribution >= 4 is 21.7 Å². The monoisotopic (exact) mass is 271 g/mol. The largest absolute Gasteiger partial charge is 0.351 e. The number of anilines is 1. The highest BCUT2D eigenvalue weighted by molar-refractivity contribution is 7.89. The number of benzene rings is 1. The highest BCUT2D eigenvalue weighted by Gasteiger charge is 2.13. The van der Waals surface area contributed by atoms with Crippen LogP contribution in [0.4, 0.5) is 10.5 Å². The molecule has 0 aliphatic heterocycles. The first kappa shape index (κ1) is 14.5. The van der Waals surface area contributed by atoms with Gasteiger partial charge in [0.2, 0.25) is 10.0 Å². The molecule has 0 fully saturated rings. The number of nitrogens with two attached hydrogens (primary N) is 1. The van der Waals surface area contributed by atoms with Gasteiger partial charge in [0.1, 0.15) is 0 Å². The molecule has 100 valence electrons. The van der Waals surface area contributed by atoms with Gasteiger partial charge in [-0.15, -0.1) is 0 Å². The summed E-state index contributed by atoms with van der Waals surface area (Å²) in [7, 11) is -3.24. The third-order valence-electron chi connectivity index (χ3n) is 2.41. The van der Waals surface area contributed by atoms with E-state index in [1.54, 1.807) is 38.1 Å². The topological polar surface area (TPSA) is 101 Å². The molecule has 1 atom stereocenters. The van der Waals surface area contributed by atoms with Gasteiger partial charge in [0.05, 0.1) is 5.75 Å². The quantitative estimate of drug-likeness (QED) is 0.749. The van der Waals surface area contributed by atoms with E-state index in [9.17, 15) is 13.2 Å². The van der Waals surface area contributed by atoms with Crippen LogP contribution in [0.25, 0.3) is 0 Å². The zero-order chi connectivity index (χ0) is 13.8. The van der Waals surface area contributed by atoms with Gasteiger partial charge >= 0.3 is 6.03 Å². The van der Waals surface area contributed by atoms with Gasteiger partial charge in [-0.05, 0) is 31.5 Å². The average Bonchev–Trinajstić information content (AvgIpc) is 2.28. The van der Waals surface area contributed by atoms with E-state index in [4.69, 9.17) is 5.73 Å². The van der Waals surface area contributed by atoms with Crippen LogP contribution in [0.5, 0.6) is 0 Å². The van der Waals surface area contributed by atoms with E-state index < -0.39 is 16.1 Å². The van der Waals surface area contributed by atoms with Crippen LogP contribution in [0.3, 0.4) is 0 Å². The second-order valence-electron chi connectivity index (χ2n) is 3.85. The molecule has 0 aliphatic rings. The maximum absolute atomic E-state index is 11.4. The minimum Gasteiger partial charge on any atom is -0.351 e. The maximum atomic E-state index is 11.4. The summed E-state index contributed by atoms with van der Waals surface area (Å²) in [6.07, 6.45) is 0. The van der Waals surface area contributed by atoms with Gasteiger partial charge in [-0.3, -0.25) is 0 Å². The van der Waals surface area contributed by atoms with Gasteiger partial charge in [0.25, 0.3) is 0 Å². The van der Waals surface area contributed by atoms with Crippen LogP contribution in [0.15, 0.2) is 24.3 Å². The molecule has 1 aromatic carbocycles. The SMILES string of the molecule is CCS(=O)(=O)NC(C)c1ccc(NC(N)=O)cc1. The fourth-order valence-corrected chi connectivity index (χ4v) is 2.26. The Kier molecular flexibility index (Phi) is 4.69. The van der Waals surface area contributed by atoms with Crippen molar-refractivity contribution in [2.24, 2.45) is 5.73 Å². The molecule has 0 saturated carbocycles. The molecule has 0 radical (unpaired) electrons. The van der Waals surface area contributed by atoms with Crippen LogP contribution in [0.2, 0.25) is 0 Å². The smallest absolute Gasteiger partial charge is 0.316 e. The van der Waals surface area contributed by atoms with Gasteiger partial charge in [-0.2, -0.15) is 0 Å². The molecule has 0 heterocycles. The molecule has 1 unspecified atom stereocenters. The van der Waals surface area contributed by atoms with Crippen molar-refractivity contribution < 1.29 is 13.2 Å². The molecular formula is C11H17N3O3S. The van der Waals surface area contributed by atoms with E-state index >= 15 is 0 Å². The summed E-state index contributed by atoms with van der Waals surface area (Å²) in [5, 5.41) is 2.43. The van der Waals surface area contributed by atoms with Crippen molar-refractivity contribution in [3.63, 3.8) is 0 Å². The van der Waals surface area contributed by atoms with Crippen LogP contribution in [0, 0.1) is 0 Å². The third-order valence-corrected chi connectivity index (χ3v) is 3.89. The number of carbonyl (C=O) groups is 1. The predicted octanol–water partition coefficient (Wildman–Crippen LogP) is 1.18. The normalized spacial score (nSPS) is 13.0. The molecule has 1 aromatic rings. The predicted molar refractivity (Wildman–Crippen MR) is 70.7 cm³/mol. The van der Waals surface area contributed by atoms with E-state index in [-0.39, 0.29) is 11.8 Å². The Morgan fingerprint density at radius 3 is 2.33 bits per heavy atom. The lowest BCUT2D eigenvalue weighted by Gasteiger charge is -2.14. The summed E-state index contributed by atoms with van der Waals surface area (Å²) in [6, 6.07) is 5.83. The standard InChI is InChI=1S/C11H17N3O3S/c1-3-18(16,17)14-8(2)9-4-6-10(7-5-9)13-11(12)15/h4-8,14H,3H2,1-2H3,(H3,12,13,15). The lowest BCUT2D eigenvalue weighted by atomic mass is 10.1. The lowest BCUT2D eigenvalue weighted by Crippen LogP contribution is -2.28. The van der Waals surface area contributed by atoms with E-state index in [0.29, 0.717) is 5.69 Å². The number of hydrogen-bond donors (Lipinski definition) is 3. The second kappa shape index (κ2) is 5.83. The van der Waals surface area contributed by atoms with Crippen molar-refractivity contribution in [2.75, 3.05) is 11.1 Å². The minimum atomic E-state index is -3.24. The Labute approximate surface area is 107 Å². The van der Waals surface area contributed by atoms with E-state index in [1.807, 2.05) is 0 Å². The number of amides is 2. The number of rotatable bonds is 5. The van der Waals surface area contributed by atoms with Gasteiger partial charge in [-0.25, -0.2) is 17.9 Å².